The van der Waals surface area contributed by atoms with Crippen molar-refractivity contribution < 1.29 is 19.1 Å². The lowest BCUT2D eigenvalue weighted by Crippen LogP contribution is -2.26. The van der Waals surface area contributed by atoms with Crippen LogP contribution in [0.5, 0.6) is 11.8 Å². The summed E-state index contributed by atoms with van der Waals surface area (Å²) in [5.41, 5.74) is 0.659. The van der Waals surface area contributed by atoms with Crippen LogP contribution in [0.25, 0.3) is 10.9 Å². The molecule has 1 aromatic carbocycles. The van der Waals surface area contributed by atoms with Crippen LogP contribution in [-0.4, -0.2) is 31.9 Å². The number of ketones is 1. The topological polar surface area (TPSA) is 83.3 Å². The van der Waals surface area contributed by atoms with Crippen LogP contribution in [-0.2, 0) is 16.1 Å². The highest BCUT2D eigenvalue weighted by Gasteiger charge is 2.19. The number of esters is 1. The highest BCUT2D eigenvalue weighted by Crippen LogP contribution is 2.29. The molecule has 0 aliphatic heterocycles. The minimum absolute atomic E-state index is 0.00992. The second-order valence-electron chi connectivity index (χ2n) is 7.26. The lowest BCUT2D eigenvalue weighted by molar-refractivity contribution is -0.155. The van der Waals surface area contributed by atoms with E-state index < -0.39 is 5.60 Å². The molecule has 3 aromatic rings. The number of ether oxygens (including phenoxy) is 2. The maximum Gasteiger partial charge on any atom is 0.326 e. The maximum absolute atomic E-state index is 12.2. The van der Waals surface area contributed by atoms with Crippen LogP contribution in [0, 0.1) is 0 Å². The number of aromatic nitrogens is 3. The molecule has 0 saturated heterocycles. The van der Waals surface area contributed by atoms with Gasteiger partial charge in [0.05, 0.1) is 0 Å². The lowest BCUT2D eigenvalue weighted by Gasteiger charge is -2.19. The molecule has 0 aliphatic carbocycles. The molecule has 2 aromatic heterocycles. The monoisotopic (exact) mass is 445 g/mol. The van der Waals surface area contributed by atoms with E-state index in [4.69, 9.17) is 9.47 Å². The van der Waals surface area contributed by atoms with E-state index in [1.54, 1.807) is 41.2 Å². The first-order valence-electron chi connectivity index (χ1n) is 8.64. The van der Waals surface area contributed by atoms with Gasteiger partial charge in [0.15, 0.2) is 5.78 Å². The number of hydrogen-bond acceptors (Lipinski definition) is 6. The van der Waals surface area contributed by atoms with E-state index in [1.807, 2.05) is 20.8 Å². The van der Waals surface area contributed by atoms with Crippen molar-refractivity contribution in [3.63, 3.8) is 0 Å². The molecule has 0 amide bonds. The van der Waals surface area contributed by atoms with E-state index in [1.165, 1.54) is 6.92 Å². The Morgan fingerprint density at radius 2 is 1.96 bits per heavy atom. The van der Waals surface area contributed by atoms with Gasteiger partial charge in [0.2, 0.25) is 0 Å². The summed E-state index contributed by atoms with van der Waals surface area (Å²) in [7, 11) is 0. The number of nitrogens with zero attached hydrogens (tertiary/aromatic N) is 3. The summed E-state index contributed by atoms with van der Waals surface area (Å²) in [6.45, 7) is 6.93. The number of carbonyl (C=O) groups is 2. The zero-order valence-electron chi connectivity index (χ0n) is 16.0. The van der Waals surface area contributed by atoms with Crippen molar-refractivity contribution in [2.45, 2.75) is 39.8 Å². The van der Waals surface area contributed by atoms with Crippen LogP contribution in [0.3, 0.4) is 0 Å². The summed E-state index contributed by atoms with van der Waals surface area (Å²) in [6, 6.07) is 7.15. The first-order valence-corrected chi connectivity index (χ1v) is 9.44. The van der Waals surface area contributed by atoms with Gasteiger partial charge >= 0.3 is 12.0 Å². The number of rotatable bonds is 5. The summed E-state index contributed by atoms with van der Waals surface area (Å²) in [5, 5.41) is 0.684. The summed E-state index contributed by atoms with van der Waals surface area (Å²) >= 11 is 3.27. The lowest BCUT2D eigenvalue weighted by atomic mass is 10.1. The average Bonchev–Trinajstić information content (AvgIpc) is 2.91. The Morgan fingerprint density at radius 3 is 2.61 bits per heavy atom. The molecular weight excluding hydrogens is 426 g/mol. The minimum atomic E-state index is -0.575. The van der Waals surface area contributed by atoms with Gasteiger partial charge in [-0.2, -0.15) is 4.98 Å². The van der Waals surface area contributed by atoms with Gasteiger partial charge in [-0.05, 0) is 67.9 Å². The van der Waals surface area contributed by atoms with E-state index >= 15 is 0 Å². The van der Waals surface area contributed by atoms with Gasteiger partial charge in [-0.1, -0.05) is 0 Å². The Bertz CT molecular complexity index is 1050. The van der Waals surface area contributed by atoms with Crippen LogP contribution in [0.2, 0.25) is 0 Å². The van der Waals surface area contributed by atoms with E-state index in [9.17, 15) is 9.59 Å². The number of halogens is 1. The Hall–Kier alpha value is -2.74. The molecule has 0 fully saturated rings. The molecule has 146 valence electrons. The molecule has 2 heterocycles. The SMILES string of the molecule is CC(=O)c1cn(CC(=O)OC(C)(C)C)c2ccc(Oc3nccc(Br)n3)cc12. The highest BCUT2D eigenvalue weighted by molar-refractivity contribution is 9.10. The van der Waals surface area contributed by atoms with E-state index in [0.29, 0.717) is 21.3 Å². The molecule has 0 bridgehead atoms. The number of Topliss-reactive ketones (excluding diaryl/α,β-unsaturated/α-hetero) is 1. The van der Waals surface area contributed by atoms with Crippen molar-refractivity contribution in [3.8, 4) is 11.8 Å². The van der Waals surface area contributed by atoms with Gasteiger partial charge in [0.1, 0.15) is 22.5 Å². The first kappa shape index (κ1) is 20.0. The Balaban J connectivity index is 1.95. The second kappa shape index (κ2) is 7.71. The van der Waals surface area contributed by atoms with Gasteiger partial charge in [-0.15, -0.1) is 0 Å². The highest BCUT2D eigenvalue weighted by atomic mass is 79.9. The molecule has 7 nitrogen and oxygen atoms in total. The number of carbonyl (C=O) groups excluding carboxylic acids is 2. The number of fused-ring (bicyclic) bond motifs is 1. The van der Waals surface area contributed by atoms with Crippen molar-refractivity contribution in [1.82, 2.24) is 14.5 Å². The Morgan fingerprint density at radius 1 is 1.21 bits per heavy atom. The summed E-state index contributed by atoms with van der Waals surface area (Å²) in [6.07, 6.45) is 3.24. The van der Waals surface area contributed by atoms with Gasteiger partial charge < -0.3 is 14.0 Å². The molecule has 0 radical (unpaired) electrons. The smallest absolute Gasteiger partial charge is 0.326 e. The zero-order valence-corrected chi connectivity index (χ0v) is 17.6. The van der Waals surface area contributed by atoms with Gasteiger partial charge in [-0.25, -0.2) is 4.98 Å². The molecule has 0 saturated carbocycles. The third-order valence-corrected chi connectivity index (χ3v) is 4.20. The fraction of sp³-hybridized carbons (Fsp3) is 0.300. The third kappa shape index (κ3) is 4.75. The van der Waals surface area contributed by atoms with Gasteiger partial charge in [0.25, 0.3) is 0 Å². The van der Waals surface area contributed by atoms with Gasteiger partial charge in [-0.3, -0.25) is 9.59 Å². The summed E-state index contributed by atoms with van der Waals surface area (Å²) in [4.78, 5) is 32.5. The zero-order chi connectivity index (χ0) is 20.5. The van der Waals surface area contributed by atoms with Crippen molar-refractivity contribution in [1.29, 1.82) is 0 Å². The van der Waals surface area contributed by atoms with Crippen LogP contribution in [0.4, 0.5) is 0 Å². The Kier molecular flexibility index (Phi) is 5.51. The second-order valence-corrected chi connectivity index (χ2v) is 8.07. The molecule has 3 rings (SSSR count). The molecule has 28 heavy (non-hydrogen) atoms. The molecule has 0 unspecified atom stereocenters. The predicted octanol–water partition coefficient (Wildman–Crippen LogP) is 4.53. The van der Waals surface area contributed by atoms with Crippen molar-refractivity contribution in [3.05, 3.63) is 46.8 Å². The fourth-order valence-corrected chi connectivity index (χ4v) is 3.01. The van der Waals surface area contributed by atoms with Gasteiger partial charge in [0, 0.05) is 28.9 Å². The van der Waals surface area contributed by atoms with E-state index in [0.717, 1.165) is 5.52 Å². The first-order chi connectivity index (χ1) is 13.1. The van der Waals surface area contributed by atoms with Crippen LogP contribution in [0.1, 0.15) is 38.1 Å². The van der Waals surface area contributed by atoms with Crippen LogP contribution < -0.4 is 4.74 Å². The standard InChI is InChI=1S/C20H20BrN3O4/c1-12(25)15-10-24(11-18(26)28-20(2,3)4)16-6-5-13(9-14(15)16)27-19-22-8-7-17(21)23-19/h5-10H,11H2,1-4H3. The maximum atomic E-state index is 12.2. The Labute approximate surface area is 170 Å². The molecular formula is C20H20BrN3O4. The molecule has 8 heteroatoms. The van der Waals surface area contributed by atoms with Crippen LogP contribution >= 0.6 is 15.9 Å². The van der Waals surface area contributed by atoms with Crippen molar-refractivity contribution in [2.75, 3.05) is 0 Å². The summed E-state index contributed by atoms with van der Waals surface area (Å²) in [5.74, 6) is 0.00859. The molecule has 0 atom stereocenters. The predicted molar refractivity (Wildman–Crippen MR) is 108 cm³/mol. The number of benzene rings is 1. The van der Waals surface area contributed by atoms with E-state index in [-0.39, 0.29) is 24.3 Å². The largest absolute Gasteiger partial charge is 0.459 e. The quantitative estimate of drug-likeness (QED) is 0.325. The van der Waals surface area contributed by atoms with E-state index in [2.05, 4.69) is 25.9 Å². The normalized spacial score (nSPS) is 11.5. The minimum Gasteiger partial charge on any atom is -0.459 e. The molecule has 0 N–H and O–H groups in total. The van der Waals surface area contributed by atoms with Crippen molar-refractivity contribution in [2.24, 2.45) is 0 Å². The van der Waals surface area contributed by atoms with Crippen LogP contribution in [0.15, 0.2) is 41.3 Å². The summed E-state index contributed by atoms with van der Waals surface area (Å²) < 4.78 is 13.4. The molecule has 0 spiro atoms. The average molecular weight is 446 g/mol. The van der Waals surface area contributed by atoms with Crippen molar-refractivity contribution >= 4 is 38.6 Å². The fourth-order valence-electron chi connectivity index (χ4n) is 2.74. The molecule has 0 aliphatic rings. The number of hydrogen-bond donors (Lipinski definition) is 0. The third-order valence-electron chi connectivity index (χ3n) is 3.76.